The second-order valence-corrected chi connectivity index (χ2v) is 5.70. The van der Waals surface area contributed by atoms with Gasteiger partial charge in [0.05, 0.1) is 0 Å². The van der Waals surface area contributed by atoms with Crippen LogP contribution in [0.5, 0.6) is 0 Å². The Morgan fingerprint density at radius 3 is 2.00 bits per heavy atom. The third-order valence-corrected chi connectivity index (χ3v) is 3.46. The second-order valence-electron chi connectivity index (χ2n) is 5.70. The lowest BCUT2D eigenvalue weighted by Gasteiger charge is -2.01. The molecule has 0 aromatic rings. The maximum Gasteiger partial charge on any atom is 0.155 e. The summed E-state index contributed by atoms with van der Waals surface area (Å²) < 4.78 is 0. The minimum Gasteiger partial charge on any atom is -0.300 e. The third kappa shape index (κ3) is 11.9. The van der Waals surface area contributed by atoms with Gasteiger partial charge in [-0.2, -0.15) is 13.5 Å². The highest BCUT2D eigenvalue weighted by atomic mass is 32.1. The predicted octanol–water partition coefficient (Wildman–Crippen LogP) is 3.97. The van der Waals surface area contributed by atoms with Gasteiger partial charge in [0.15, 0.2) is 5.78 Å². The fraction of sp³-hybridized carbons (Fsp3) is 0.667. The molecule has 0 radical (unpaired) electrons. The lowest BCUT2D eigenvalue weighted by Crippen LogP contribution is -2.01. The zero-order chi connectivity index (χ0) is 15.1. The van der Waals surface area contributed by atoms with Crippen molar-refractivity contribution < 1.29 is 19.2 Å². The normalized spacial score (nSPS) is 18.5. The molecule has 2 aliphatic carbocycles. The maximum absolute atomic E-state index is 10.7. The van der Waals surface area contributed by atoms with E-state index in [0.717, 1.165) is 18.4 Å². The number of allylic oxidation sites excluding steroid dienone is 2. The van der Waals surface area contributed by atoms with Crippen LogP contribution in [0.3, 0.4) is 0 Å². The number of Topliss-reactive ketones (excluding diaryl/α,β-unsaturated/α-hetero) is 3. The molecule has 1 fully saturated rings. The molecule has 1 atom stereocenters. The summed E-state index contributed by atoms with van der Waals surface area (Å²) in [5.74, 6) is 1.20. The molecule has 2 rings (SSSR count). The van der Waals surface area contributed by atoms with Crippen LogP contribution in [-0.4, -0.2) is 23.1 Å². The summed E-state index contributed by atoms with van der Waals surface area (Å²) in [6, 6.07) is 0. The van der Waals surface area contributed by atoms with Crippen molar-refractivity contribution in [3.05, 3.63) is 11.6 Å². The predicted molar refractivity (Wildman–Crippen MR) is 99.1 cm³/mol. The van der Waals surface area contributed by atoms with Gasteiger partial charge in [0, 0.05) is 32.1 Å². The molecule has 0 N–H and O–H groups in total. The molecular formula is C18H32O4S. The van der Waals surface area contributed by atoms with Gasteiger partial charge in [-0.15, -0.1) is 0 Å². The van der Waals surface area contributed by atoms with Crippen LogP contribution in [0.15, 0.2) is 11.6 Å². The Morgan fingerprint density at radius 2 is 1.65 bits per heavy atom. The minimum atomic E-state index is 0. The quantitative estimate of drug-likeness (QED) is 0.773. The average Bonchev–Trinajstić information content (AvgIpc) is 2.87. The Morgan fingerprint density at radius 1 is 1.04 bits per heavy atom. The molecule has 0 spiro atoms. The molecule has 1 saturated carbocycles. The number of hydrogen-bond acceptors (Lipinski definition) is 4. The Hall–Kier alpha value is -1.23. The Kier molecular flexibility index (Phi) is 15.3. The lowest BCUT2D eigenvalue weighted by atomic mass is 10.0. The summed E-state index contributed by atoms with van der Waals surface area (Å²) in [4.78, 5) is 42.5. The SMILES string of the molecule is C.C.CC(=O)CC1=CC(=O)CC1.CC(=O)C[C@H]1CCC(=O)C1.S. The highest BCUT2D eigenvalue weighted by molar-refractivity contribution is 7.59. The smallest absolute Gasteiger partial charge is 0.155 e. The van der Waals surface area contributed by atoms with E-state index in [0.29, 0.717) is 43.8 Å². The highest BCUT2D eigenvalue weighted by Crippen LogP contribution is 2.24. The second kappa shape index (κ2) is 13.2. The molecule has 0 aliphatic heterocycles. The molecule has 23 heavy (non-hydrogen) atoms. The van der Waals surface area contributed by atoms with Crippen LogP contribution in [0.1, 0.15) is 73.6 Å². The van der Waals surface area contributed by atoms with E-state index in [9.17, 15) is 19.2 Å². The van der Waals surface area contributed by atoms with Crippen molar-refractivity contribution in [2.45, 2.75) is 73.6 Å². The number of carbonyl (C=O) groups is 4. The van der Waals surface area contributed by atoms with Gasteiger partial charge in [0.2, 0.25) is 0 Å². The van der Waals surface area contributed by atoms with Crippen molar-refractivity contribution in [1.82, 2.24) is 0 Å². The van der Waals surface area contributed by atoms with Crippen molar-refractivity contribution in [3.8, 4) is 0 Å². The topological polar surface area (TPSA) is 68.3 Å². The van der Waals surface area contributed by atoms with Crippen molar-refractivity contribution in [3.63, 3.8) is 0 Å². The zero-order valence-corrected chi connectivity index (χ0v) is 13.7. The van der Waals surface area contributed by atoms with E-state index in [4.69, 9.17) is 0 Å². The van der Waals surface area contributed by atoms with Crippen LogP contribution in [0.4, 0.5) is 0 Å². The van der Waals surface area contributed by atoms with Crippen LogP contribution < -0.4 is 0 Å². The highest BCUT2D eigenvalue weighted by Gasteiger charge is 2.22. The summed E-state index contributed by atoms with van der Waals surface area (Å²) in [5, 5.41) is 0. The first-order chi connectivity index (χ1) is 9.36. The standard InChI is InChI=1S/C8H12O2.C8H10O2.2CH4.H2S/c2*1-6(9)4-7-2-3-8(10)5-7;;;/h7H,2-5H2,1H3;5H,2-4H2,1H3;2*1H4;1H2/t7-;;;;/m1..../s1. The fourth-order valence-corrected chi connectivity index (χ4v) is 2.59. The molecule has 0 amide bonds. The number of carbonyl (C=O) groups excluding carboxylic acids is 4. The van der Waals surface area contributed by atoms with E-state index >= 15 is 0 Å². The summed E-state index contributed by atoms with van der Waals surface area (Å²) in [6.07, 6.45) is 6.32. The van der Waals surface area contributed by atoms with Gasteiger partial charge in [0.1, 0.15) is 17.3 Å². The van der Waals surface area contributed by atoms with Gasteiger partial charge in [-0.3, -0.25) is 14.4 Å². The molecule has 0 aromatic carbocycles. The van der Waals surface area contributed by atoms with Gasteiger partial charge < -0.3 is 4.79 Å². The maximum atomic E-state index is 10.7. The Labute approximate surface area is 147 Å². The molecule has 5 heteroatoms. The molecule has 0 saturated heterocycles. The summed E-state index contributed by atoms with van der Waals surface area (Å²) in [6.45, 7) is 3.13. The monoisotopic (exact) mass is 344 g/mol. The molecule has 134 valence electrons. The summed E-state index contributed by atoms with van der Waals surface area (Å²) in [7, 11) is 0. The molecule has 0 heterocycles. The first-order valence-corrected chi connectivity index (χ1v) is 7.09. The van der Waals surface area contributed by atoms with Gasteiger partial charge in [-0.1, -0.05) is 20.4 Å². The average molecular weight is 345 g/mol. The van der Waals surface area contributed by atoms with Crippen molar-refractivity contribution in [1.29, 1.82) is 0 Å². The lowest BCUT2D eigenvalue weighted by molar-refractivity contribution is -0.119. The van der Waals surface area contributed by atoms with Crippen LogP contribution >= 0.6 is 13.5 Å². The van der Waals surface area contributed by atoms with Gasteiger partial charge in [-0.05, 0) is 38.7 Å². The first-order valence-electron chi connectivity index (χ1n) is 7.09. The van der Waals surface area contributed by atoms with E-state index in [1.165, 1.54) is 0 Å². The molecule has 0 unspecified atom stereocenters. The summed E-state index contributed by atoms with van der Waals surface area (Å²) in [5.41, 5.74) is 0.998. The van der Waals surface area contributed by atoms with Crippen LogP contribution in [-0.2, 0) is 19.2 Å². The molecule has 0 aromatic heterocycles. The molecule has 0 bridgehead atoms. The van der Waals surface area contributed by atoms with E-state index in [1.807, 2.05) is 0 Å². The zero-order valence-electron chi connectivity index (χ0n) is 12.7. The third-order valence-electron chi connectivity index (χ3n) is 3.46. The first kappa shape index (κ1) is 26.7. The van der Waals surface area contributed by atoms with E-state index in [1.54, 1.807) is 19.9 Å². The van der Waals surface area contributed by atoms with Crippen molar-refractivity contribution >= 4 is 36.6 Å². The summed E-state index contributed by atoms with van der Waals surface area (Å²) >= 11 is 0. The number of rotatable bonds is 4. The van der Waals surface area contributed by atoms with Gasteiger partial charge in [0.25, 0.3) is 0 Å². The van der Waals surface area contributed by atoms with Gasteiger partial charge >= 0.3 is 0 Å². The molecule has 4 nitrogen and oxygen atoms in total. The van der Waals surface area contributed by atoms with Gasteiger partial charge in [-0.25, -0.2) is 0 Å². The van der Waals surface area contributed by atoms with E-state index in [2.05, 4.69) is 0 Å². The molecule has 2 aliphatic rings. The van der Waals surface area contributed by atoms with E-state index < -0.39 is 0 Å². The van der Waals surface area contributed by atoms with Crippen LogP contribution in [0.2, 0.25) is 0 Å². The number of ketones is 4. The van der Waals surface area contributed by atoms with E-state index in [-0.39, 0.29) is 45.7 Å². The van der Waals surface area contributed by atoms with Crippen molar-refractivity contribution in [2.24, 2.45) is 5.92 Å². The Balaban J connectivity index is -0.000000308. The fourth-order valence-electron chi connectivity index (χ4n) is 2.59. The van der Waals surface area contributed by atoms with Crippen molar-refractivity contribution in [2.75, 3.05) is 0 Å². The van der Waals surface area contributed by atoms with Crippen LogP contribution in [0, 0.1) is 5.92 Å². The largest absolute Gasteiger partial charge is 0.300 e. The van der Waals surface area contributed by atoms with Crippen LogP contribution in [0.25, 0.3) is 0 Å². The number of hydrogen-bond donors (Lipinski definition) is 0. The minimum absolute atomic E-state index is 0. The molecular weight excluding hydrogens is 312 g/mol. The Bertz CT molecular complexity index is 452.